The Morgan fingerprint density at radius 3 is 2.48 bits per heavy atom. The molecule has 5 saturated carbocycles. The first-order chi connectivity index (χ1) is 11.0. The van der Waals surface area contributed by atoms with Crippen molar-refractivity contribution in [2.24, 2.45) is 23.2 Å². The van der Waals surface area contributed by atoms with Crippen LogP contribution < -0.4 is 5.32 Å². The van der Waals surface area contributed by atoms with Crippen LogP contribution in [0.2, 0.25) is 0 Å². The molecule has 5 aliphatic carbocycles. The average molecular weight is 316 g/mol. The first kappa shape index (κ1) is 13.2. The SMILES string of the molecule is O=C1N[C@@H](C23CC4CC(CC(O)(C4)C2)C3)C(=O)N2C1C[C@@H]1C[C@@H]12. The van der Waals surface area contributed by atoms with Crippen LogP contribution in [0.15, 0.2) is 0 Å². The van der Waals surface area contributed by atoms with Crippen LogP contribution in [-0.2, 0) is 9.59 Å². The number of piperidine rings is 1. The third-order valence-corrected chi connectivity index (χ3v) is 7.88. The summed E-state index contributed by atoms with van der Waals surface area (Å²) in [5.74, 6) is 1.86. The van der Waals surface area contributed by atoms with E-state index in [9.17, 15) is 14.7 Å². The van der Waals surface area contributed by atoms with E-state index < -0.39 is 5.60 Å². The van der Waals surface area contributed by atoms with Crippen molar-refractivity contribution in [1.82, 2.24) is 10.2 Å². The molecule has 2 saturated heterocycles. The molecule has 6 atom stereocenters. The normalized spacial score (nSPS) is 58.9. The van der Waals surface area contributed by atoms with Gasteiger partial charge in [0.2, 0.25) is 11.8 Å². The molecule has 2 aliphatic heterocycles. The Hall–Kier alpha value is -1.10. The van der Waals surface area contributed by atoms with Crippen LogP contribution in [-0.4, -0.2) is 45.5 Å². The summed E-state index contributed by atoms with van der Waals surface area (Å²) in [5, 5.41) is 14.1. The van der Waals surface area contributed by atoms with E-state index in [1.165, 1.54) is 6.42 Å². The number of piperazine rings is 1. The fourth-order valence-corrected chi connectivity index (χ4v) is 7.49. The second-order valence-corrected chi connectivity index (χ2v) is 9.55. The molecule has 0 aromatic rings. The number of hydrogen-bond donors (Lipinski definition) is 2. The van der Waals surface area contributed by atoms with Gasteiger partial charge in [0.05, 0.1) is 5.60 Å². The van der Waals surface area contributed by atoms with Crippen molar-refractivity contribution in [1.29, 1.82) is 0 Å². The number of carbonyl (C=O) groups is 2. The Labute approximate surface area is 135 Å². The molecular formula is C18H24N2O3. The van der Waals surface area contributed by atoms with Crippen molar-refractivity contribution in [3.63, 3.8) is 0 Å². The van der Waals surface area contributed by atoms with Gasteiger partial charge in [-0.25, -0.2) is 0 Å². The molecule has 5 nitrogen and oxygen atoms in total. The van der Waals surface area contributed by atoms with E-state index in [0.29, 0.717) is 30.2 Å². The predicted octanol–water partition coefficient (Wildman–Crippen LogP) is 0.805. The van der Waals surface area contributed by atoms with Gasteiger partial charge in [0.15, 0.2) is 0 Å². The zero-order valence-corrected chi connectivity index (χ0v) is 13.3. The Bertz CT molecular complexity index is 618. The van der Waals surface area contributed by atoms with E-state index in [1.807, 2.05) is 4.90 Å². The number of aliphatic hydroxyl groups is 1. The summed E-state index contributed by atoms with van der Waals surface area (Å²) in [6.45, 7) is 0. The van der Waals surface area contributed by atoms with Crippen molar-refractivity contribution in [3.05, 3.63) is 0 Å². The highest BCUT2D eigenvalue weighted by Gasteiger charge is 2.66. The lowest BCUT2D eigenvalue weighted by molar-refractivity contribution is -0.186. The molecule has 2 heterocycles. The fourth-order valence-electron chi connectivity index (χ4n) is 7.49. The monoisotopic (exact) mass is 316 g/mol. The van der Waals surface area contributed by atoms with Gasteiger partial charge >= 0.3 is 0 Å². The molecule has 4 bridgehead atoms. The van der Waals surface area contributed by atoms with Crippen LogP contribution in [0.25, 0.3) is 0 Å². The third-order valence-electron chi connectivity index (χ3n) is 7.88. The van der Waals surface area contributed by atoms with E-state index in [-0.39, 0.29) is 29.3 Å². The maximum Gasteiger partial charge on any atom is 0.246 e. The lowest BCUT2D eigenvalue weighted by Crippen LogP contribution is -2.71. The van der Waals surface area contributed by atoms with E-state index >= 15 is 0 Å². The minimum atomic E-state index is -0.584. The molecule has 7 rings (SSSR count). The zero-order valence-electron chi connectivity index (χ0n) is 13.3. The second kappa shape index (κ2) is 3.76. The summed E-state index contributed by atoms with van der Waals surface area (Å²) in [5.41, 5.74) is -0.775. The summed E-state index contributed by atoms with van der Waals surface area (Å²) in [7, 11) is 0. The van der Waals surface area contributed by atoms with Gasteiger partial charge in [-0.2, -0.15) is 0 Å². The van der Waals surface area contributed by atoms with Gasteiger partial charge in [-0.15, -0.1) is 0 Å². The van der Waals surface area contributed by atoms with E-state index in [0.717, 1.165) is 38.5 Å². The van der Waals surface area contributed by atoms with Crippen molar-refractivity contribution in [3.8, 4) is 0 Å². The van der Waals surface area contributed by atoms with Crippen LogP contribution in [0.4, 0.5) is 0 Å². The number of nitrogens with zero attached hydrogens (tertiary/aromatic N) is 1. The molecule has 0 aromatic carbocycles. The van der Waals surface area contributed by atoms with Crippen LogP contribution in [0.3, 0.4) is 0 Å². The topological polar surface area (TPSA) is 69.6 Å². The summed E-state index contributed by atoms with van der Waals surface area (Å²) in [4.78, 5) is 27.8. The van der Waals surface area contributed by atoms with Crippen LogP contribution in [0.1, 0.15) is 51.4 Å². The first-order valence-corrected chi connectivity index (χ1v) is 9.31. The lowest BCUT2D eigenvalue weighted by atomic mass is 9.46. The molecule has 124 valence electrons. The maximum atomic E-state index is 13.2. The molecule has 0 aromatic heterocycles. The van der Waals surface area contributed by atoms with Gasteiger partial charge in [0.25, 0.3) is 0 Å². The highest BCUT2D eigenvalue weighted by molar-refractivity contribution is 5.98. The molecule has 0 spiro atoms. The zero-order chi connectivity index (χ0) is 15.6. The van der Waals surface area contributed by atoms with Gasteiger partial charge in [-0.1, -0.05) is 0 Å². The largest absolute Gasteiger partial charge is 0.390 e. The number of fused-ring (bicyclic) bond motifs is 3. The quantitative estimate of drug-likeness (QED) is 0.752. The molecule has 3 unspecified atom stereocenters. The fraction of sp³-hybridized carbons (Fsp3) is 0.889. The molecule has 7 aliphatic rings. The Morgan fingerprint density at radius 2 is 1.78 bits per heavy atom. The van der Waals surface area contributed by atoms with Crippen molar-refractivity contribution in [2.45, 2.75) is 75.1 Å². The number of hydrogen-bond acceptors (Lipinski definition) is 3. The van der Waals surface area contributed by atoms with Crippen LogP contribution in [0.5, 0.6) is 0 Å². The summed E-state index contributed by atoms with van der Waals surface area (Å²) in [6.07, 6.45) is 7.67. The minimum absolute atomic E-state index is 0.0598. The van der Waals surface area contributed by atoms with Crippen molar-refractivity contribution >= 4 is 11.8 Å². The Balaban J connectivity index is 1.39. The van der Waals surface area contributed by atoms with Gasteiger partial charge in [-0.3, -0.25) is 9.59 Å². The first-order valence-electron chi connectivity index (χ1n) is 9.31. The van der Waals surface area contributed by atoms with E-state index in [2.05, 4.69) is 5.32 Å². The standard InChI is InChI=1S/C18H24N2O3/c21-15-13-3-11-2-12(11)20(13)16(22)14(19-15)17-4-9-1-10(5-17)7-18(23,6-9)8-17/h9-14,23H,1-8H2,(H,19,21)/t9?,10?,11-,12-,13?,14+,17?,18?/m0/s1. The second-order valence-electron chi connectivity index (χ2n) is 9.55. The Kier molecular flexibility index (Phi) is 2.16. The molecule has 2 amide bonds. The Morgan fingerprint density at radius 1 is 1.04 bits per heavy atom. The summed E-state index contributed by atoms with van der Waals surface area (Å²) >= 11 is 0. The van der Waals surface area contributed by atoms with Gasteiger partial charge in [0, 0.05) is 11.5 Å². The van der Waals surface area contributed by atoms with Gasteiger partial charge in [0.1, 0.15) is 12.1 Å². The molecular weight excluding hydrogens is 292 g/mol. The minimum Gasteiger partial charge on any atom is -0.390 e. The smallest absolute Gasteiger partial charge is 0.246 e. The number of carbonyl (C=O) groups excluding carboxylic acids is 2. The maximum absolute atomic E-state index is 13.2. The lowest BCUT2D eigenvalue weighted by Gasteiger charge is -2.62. The average Bonchev–Trinajstić information content (AvgIpc) is 3.10. The van der Waals surface area contributed by atoms with Gasteiger partial charge in [-0.05, 0) is 69.1 Å². The summed E-state index contributed by atoms with van der Waals surface area (Å²) in [6, 6.07) is -0.263. The van der Waals surface area contributed by atoms with E-state index in [1.54, 1.807) is 0 Å². The third kappa shape index (κ3) is 1.57. The molecule has 7 fully saturated rings. The number of amides is 2. The molecule has 0 radical (unpaired) electrons. The summed E-state index contributed by atoms with van der Waals surface area (Å²) < 4.78 is 0. The predicted molar refractivity (Wildman–Crippen MR) is 81.1 cm³/mol. The van der Waals surface area contributed by atoms with E-state index in [4.69, 9.17) is 0 Å². The number of nitrogens with one attached hydrogen (secondary N) is 1. The molecule has 23 heavy (non-hydrogen) atoms. The highest BCUT2D eigenvalue weighted by Crippen LogP contribution is 2.63. The van der Waals surface area contributed by atoms with Crippen molar-refractivity contribution in [2.75, 3.05) is 0 Å². The van der Waals surface area contributed by atoms with Crippen LogP contribution >= 0.6 is 0 Å². The highest BCUT2D eigenvalue weighted by atomic mass is 16.3. The molecule has 5 heteroatoms. The van der Waals surface area contributed by atoms with Gasteiger partial charge < -0.3 is 15.3 Å². The van der Waals surface area contributed by atoms with Crippen molar-refractivity contribution < 1.29 is 14.7 Å². The number of rotatable bonds is 1. The molecule has 2 N–H and O–H groups in total. The van der Waals surface area contributed by atoms with Crippen LogP contribution in [0, 0.1) is 23.2 Å².